The maximum absolute atomic E-state index is 12.3. The Bertz CT molecular complexity index is 1020. The Morgan fingerprint density at radius 1 is 1.12 bits per heavy atom. The average Bonchev–Trinajstić information content (AvgIpc) is 3.18. The fourth-order valence-electron chi connectivity index (χ4n) is 3.94. The zero-order valence-corrected chi connectivity index (χ0v) is 19.6. The fourth-order valence-corrected chi connectivity index (χ4v) is 4.13. The van der Waals surface area contributed by atoms with Crippen LogP contribution in [0.4, 0.5) is 0 Å². The summed E-state index contributed by atoms with van der Waals surface area (Å²) in [6, 6.07) is 17.6. The van der Waals surface area contributed by atoms with Crippen LogP contribution in [0.5, 0.6) is 0 Å². The van der Waals surface area contributed by atoms with Crippen LogP contribution in [-0.2, 0) is 30.7 Å². The molecule has 170 valence electrons. The lowest BCUT2D eigenvalue weighted by molar-refractivity contribution is -0.145. The van der Waals surface area contributed by atoms with E-state index in [2.05, 4.69) is 21.8 Å². The number of nitrogens with one attached hydrogen (secondary N) is 1. The maximum atomic E-state index is 12.3. The molecule has 0 aliphatic heterocycles. The van der Waals surface area contributed by atoms with Crippen LogP contribution in [0.25, 0.3) is 0 Å². The maximum Gasteiger partial charge on any atom is 0.324 e. The van der Waals surface area contributed by atoms with E-state index in [-0.39, 0.29) is 0 Å². The van der Waals surface area contributed by atoms with Gasteiger partial charge in [-0.05, 0) is 30.0 Å². The van der Waals surface area contributed by atoms with Crippen molar-refractivity contribution in [1.82, 2.24) is 14.9 Å². The van der Waals surface area contributed by atoms with Gasteiger partial charge in [0.1, 0.15) is 11.4 Å². The van der Waals surface area contributed by atoms with Crippen LogP contribution >= 0.6 is 11.6 Å². The number of aryl methyl sites for hydroxylation is 1. The number of unbranched alkanes of at least 4 members (excludes halogenated alkanes) is 1. The van der Waals surface area contributed by atoms with Crippen LogP contribution in [0.15, 0.2) is 60.8 Å². The molecule has 0 unspecified atom stereocenters. The molecule has 0 saturated heterocycles. The molecule has 2 aromatic carbocycles. The SMILES string of the molecule is CCCCc1ncc(CN[C@@](CC)(Cc2ccccc2)C(=O)O)n1Cc1ccccc1Cl. The van der Waals surface area contributed by atoms with Crippen molar-refractivity contribution < 1.29 is 9.90 Å². The molecule has 0 fully saturated rings. The molecule has 1 heterocycles. The van der Waals surface area contributed by atoms with Crippen LogP contribution in [0, 0.1) is 0 Å². The molecular weight excluding hydrogens is 422 g/mol. The first-order chi connectivity index (χ1) is 15.5. The van der Waals surface area contributed by atoms with E-state index in [4.69, 9.17) is 11.6 Å². The molecule has 0 amide bonds. The van der Waals surface area contributed by atoms with E-state index in [1.54, 1.807) is 0 Å². The number of carboxylic acid groups (broad SMARTS) is 1. The lowest BCUT2D eigenvalue weighted by atomic mass is 9.88. The molecule has 32 heavy (non-hydrogen) atoms. The van der Waals surface area contributed by atoms with Crippen molar-refractivity contribution in [2.45, 2.75) is 64.6 Å². The number of rotatable bonds is 12. The Morgan fingerprint density at radius 2 is 1.84 bits per heavy atom. The number of aromatic nitrogens is 2. The third-order valence-corrected chi connectivity index (χ3v) is 6.40. The summed E-state index contributed by atoms with van der Waals surface area (Å²) in [5.41, 5.74) is 1.93. The molecule has 5 nitrogen and oxygen atoms in total. The number of hydrogen-bond acceptors (Lipinski definition) is 3. The second-order valence-electron chi connectivity index (χ2n) is 8.20. The number of hydrogen-bond donors (Lipinski definition) is 2. The topological polar surface area (TPSA) is 67.2 Å². The number of carbonyl (C=O) groups is 1. The van der Waals surface area contributed by atoms with E-state index >= 15 is 0 Å². The summed E-state index contributed by atoms with van der Waals surface area (Å²) in [5.74, 6) is 0.163. The van der Waals surface area contributed by atoms with Gasteiger partial charge in [0.25, 0.3) is 0 Å². The van der Waals surface area contributed by atoms with Gasteiger partial charge in [0, 0.05) is 30.6 Å². The fraction of sp³-hybridized carbons (Fsp3) is 0.385. The lowest BCUT2D eigenvalue weighted by Crippen LogP contribution is -2.53. The smallest absolute Gasteiger partial charge is 0.324 e. The first-order valence-corrected chi connectivity index (χ1v) is 11.7. The minimum Gasteiger partial charge on any atom is -0.480 e. The molecular formula is C26H32ClN3O2. The standard InChI is InChI=1S/C26H32ClN3O2/c1-3-5-15-24-28-17-22(30(24)19-21-13-9-10-14-23(21)27)18-29-26(4-2,25(31)32)16-20-11-7-6-8-12-20/h6-14,17,29H,3-5,15-16,18-19H2,1-2H3,(H,31,32)/t26-/m0/s1. The zero-order chi connectivity index (χ0) is 23.0. The molecule has 0 radical (unpaired) electrons. The summed E-state index contributed by atoms with van der Waals surface area (Å²) in [6.07, 6.45) is 5.76. The summed E-state index contributed by atoms with van der Waals surface area (Å²) in [7, 11) is 0. The third-order valence-electron chi connectivity index (χ3n) is 6.03. The Hall–Kier alpha value is -2.63. The van der Waals surface area contributed by atoms with E-state index in [1.165, 1.54) is 0 Å². The minimum absolute atomic E-state index is 0.413. The van der Waals surface area contributed by atoms with Crippen molar-refractivity contribution in [3.05, 3.63) is 88.5 Å². The average molecular weight is 454 g/mol. The van der Waals surface area contributed by atoms with E-state index in [1.807, 2.05) is 67.7 Å². The molecule has 3 rings (SSSR count). The molecule has 0 aliphatic rings. The first-order valence-electron chi connectivity index (χ1n) is 11.3. The van der Waals surface area contributed by atoms with Crippen molar-refractivity contribution in [3.8, 4) is 0 Å². The highest BCUT2D eigenvalue weighted by Gasteiger charge is 2.36. The molecule has 3 aromatic rings. The van der Waals surface area contributed by atoms with Crippen LogP contribution in [0.1, 0.15) is 55.8 Å². The summed E-state index contributed by atoms with van der Waals surface area (Å²) in [6.45, 7) is 5.10. The number of carboxylic acids is 1. The number of imidazole rings is 1. The second-order valence-corrected chi connectivity index (χ2v) is 8.61. The van der Waals surface area contributed by atoms with Gasteiger partial charge in [-0.3, -0.25) is 10.1 Å². The van der Waals surface area contributed by atoms with E-state index in [0.29, 0.717) is 25.9 Å². The molecule has 1 atom stereocenters. The van der Waals surface area contributed by atoms with Crippen molar-refractivity contribution in [1.29, 1.82) is 0 Å². The van der Waals surface area contributed by atoms with Gasteiger partial charge in [0.2, 0.25) is 0 Å². The summed E-state index contributed by atoms with van der Waals surface area (Å²) < 4.78 is 2.18. The predicted molar refractivity (Wildman–Crippen MR) is 129 cm³/mol. The molecule has 0 aliphatic carbocycles. The van der Waals surface area contributed by atoms with E-state index in [9.17, 15) is 9.90 Å². The lowest BCUT2D eigenvalue weighted by Gasteiger charge is -2.30. The van der Waals surface area contributed by atoms with Gasteiger partial charge in [-0.15, -0.1) is 0 Å². The monoisotopic (exact) mass is 453 g/mol. The number of halogens is 1. The van der Waals surface area contributed by atoms with Crippen LogP contribution in [-0.4, -0.2) is 26.2 Å². The zero-order valence-electron chi connectivity index (χ0n) is 18.9. The normalized spacial score (nSPS) is 13.1. The Kier molecular flexibility index (Phi) is 8.48. The summed E-state index contributed by atoms with van der Waals surface area (Å²) in [5, 5.41) is 14.2. The van der Waals surface area contributed by atoms with Gasteiger partial charge in [-0.25, -0.2) is 4.98 Å². The van der Waals surface area contributed by atoms with Crippen LogP contribution < -0.4 is 5.32 Å². The van der Waals surface area contributed by atoms with Crippen LogP contribution in [0.3, 0.4) is 0 Å². The number of benzene rings is 2. The largest absolute Gasteiger partial charge is 0.480 e. The molecule has 6 heteroatoms. The third kappa shape index (κ3) is 5.78. The van der Waals surface area contributed by atoms with Gasteiger partial charge >= 0.3 is 5.97 Å². The van der Waals surface area contributed by atoms with Gasteiger partial charge in [-0.2, -0.15) is 0 Å². The van der Waals surface area contributed by atoms with Gasteiger partial charge in [0.15, 0.2) is 0 Å². The minimum atomic E-state index is -1.05. The van der Waals surface area contributed by atoms with Gasteiger partial charge in [0.05, 0.1) is 12.2 Å². The van der Waals surface area contributed by atoms with Crippen molar-refractivity contribution in [2.75, 3.05) is 0 Å². The highest BCUT2D eigenvalue weighted by atomic mass is 35.5. The quantitative estimate of drug-likeness (QED) is 0.380. The number of aliphatic carboxylic acids is 1. The predicted octanol–water partition coefficient (Wildman–Crippen LogP) is 5.49. The molecule has 0 spiro atoms. The molecule has 2 N–H and O–H groups in total. The Morgan fingerprint density at radius 3 is 2.50 bits per heavy atom. The Labute approximate surface area is 195 Å². The Balaban J connectivity index is 1.86. The van der Waals surface area contributed by atoms with E-state index in [0.717, 1.165) is 46.9 Å². The summed E-state index contributed by atoms with van der Waals surface area (Å²) >= 11 is 6.43. The highest BCUT2D eigenvalue weighted by molar-refractivity contribution is 6.31. The summed E-state index contributed by atoms with van der Waals surface area (Å²) in [4.78, 5) is 17.0. The second kappa shape index (κ2) is 11.3. The van der Waals surface area contributed by atoms with Crippen molar-refractivity contribution in [2.24, 2.45) is 0 Å². The first kappa shape index (κ1) is 24.0. The van der Waals surface area contributed by atoms with Crippen LogP contribution in [0.2, 0.25) is 5.02 Å². The van der Waals surface area contributed by atoms with Gasteiger partial charge in [-0.1, -0.05) is 80.4 Å². The van der Waals surface area contributed by atoms with E-state index < -0.39 is 11.5 Å². The highest BCUT2D eigenvalue weighted by Crippen LogP contribution is 2.22. The van der Waals surface area contributed by atoms with Crippen molar-refractivity contribution in [3.63, 3.8) is 0 Å². The molecule has 0 saturated carbocycles. The van der Waals surface area contributed by atoms with Gasteiger partial charge < -0.3 is 9.67 Å². The molecule has 1 aromatic heterocycles. The van der Waals surface area contributed by atoms with Crippen molar-refractivity contribution >= 4 is 17.6 Å². The number of nitrogens with zero attached hydrogens (tertiary/aromatic N) is 2. The molecule has 0 bridgehead atoms.